The first-order chi connectivity index (χ1) is 9.66. The van der Waals surface area contributed by atoms with Crippen LogP contribution in [0.5, 0.6) is 0 Å². The first-order valence-corrected chi connectivity index (χ1v) is 8.15. The van der Waals surface area contributed by atoms with Crippen molar-refractivity contribution >= 4 is 17.5 Å². The van der Waals surface area contributed by atoms with Gasteiger partial charge in [0.05, 0.1) is 5.38 Å². The minimum atomic E-state index is 0.0232. The van der Waals surface area contributed by atoms with Crippen LogP contribution < -0.4 is 5.32 Å². The lowest BCUT2D eigenvalue weighted by Crippen LogP contribution is -2.32. The van der Waals surface area contributed by atoms with E-state index in [1.807, 2.05) is 6.07 Å². The summed E-state index contributed by atoms with van der Waals surface area (Å²) in [4.78, 5) is 12.0. The van der Waals surface area contributed by atoms with Crippen LogP contribution in [0.25, 0.3) is 0 Å². The molecule has 3 rings (SSSR count). The van der Waals surface area contributed by atoms with Crippen molar-refractivity contribution < 1.29 is 4.79 Å². The van der Waals surface area contributed by atoms with E-state index in [2.05, 4.69) is 24.4 Å². The third kappa shape index (κ3) is 2.24. The lowest BCUT2D eigenvalue weighted by molar-refractivity contribution is 0.0945. The highest BCUT2D eigenvalue weighted by atomic mass is 35.5. The van der Waals surface area contributed by atoms with Crippen molar-refractivity contribution in [2.45, 2.75) is 50.8 Å². The smallest absolute Gasteiger partial charge is 0.251 e. The van der Waals surface area contributed by atoms with Gasteiger partial charge in [0.1, 0.15) is 0 Å². The Labute approximate surface area is 125 Å². The van der Waals surface area contributed by atoms with E-state index in [9.17, 15) is 4.79 Å². The van der Waals surface area contributed by atoms with Gasteiger partial charge in [-0.1, -0.05) is 31.9 Å². The highest BCUT2D eigenvalue weighted by Gasteiger charge is 2.39. The molecule has 1 aliphatic heterocycles. The molecule has 1 amide bonds. The maximum atomic E-state index is 12.0. The first kappa shape index (κ1) is 13.9. The number of rotatable bonds is 3. The molecule has 2 nitrogen and oxygen atoms in total. The Balaban J connectivity index is 1.94. The third-order valence-electron chi connectivity index (χ3n) is 5.19. The van der Waals surface area contributed by atoms with E-state index in [1.54, 1.807) is 0 Å². The van der Waals surface area contributed by atoms with E-state index in [0.717, 1.165) is 36.1 Å². The largest absolute Gasteiger partial charge is 0.352 e. The minimum absolute atomic E-state index is 0.0232. The predicted octanol–water partition coefficient (Wildman–Crippen LogP) is 4.22. The first-order valence-electron chi connectivity index (χ1n) is 7.71. The number of fused-ring (bicyclic) bond motifs is 1. The topological polar surface area (TPSA) is 29.1 Å². The lowest BCUT2D eigenvalue weighted by atomic mass is 9.77. The number of hydrogen-bond acceptors (Lipinski definition) is 1. The fourth-order valence-electron chi connectivity index (χ4n) is 3.81. The van der Waals surface area contributed by atoms with E-state index >= 15 is 0 Å². The summed E-state index contributed by atoms with van der Waals surface area (Å²) in [5.74, 6) is 0.0499. The third-order valence-corrected chi connectivity index (χ3v) is 5.91. The maximum absolute atomic E-state index is 12.0. The summed E-state index contributed by atoms with van der Waals surface area (Å²) in [5, 5.41) is 2.94. The van der Waals surface area contributed by atoms with Crippen LogP contribution in [-0.4, -0.2) is 12.5 Å². The van der Waals surface area contributed by atoms with Gasteiger partial charge in [0, 0.05) is 12.1 Å². The highest BCUT2D eigenvalue weighted by Crippen LogP contribution is 2.53. The van der Waals surface area contributed by atoms with Gasteiger partial charge in [-0.2, -0.15) is 0 Å². The number of hydrogen-bond donors (Lipinski definition) is 1. The molecule has 1 saturated carbocycles. The fraction of sp³-hybridized carbons (Fsp3) is 0.588. The minimum Gasteiger partial charge on any atom is -0.352 e. The van der Waals surface area contributed by atoms with Crippen LogP contribution in [0.1, 0.15) is 65.9 Å². The molecule has 0 bridgehead atoms. The molecule has 1 aromatic rings. The highest BCUT2D eigenvalue weighted by molar-refractivity contribution is 6.21. The number of halogens is 1. The van der Waals surface area contributed by atoms with Crippen molar-refractivity contribution in [2.24, 2.45) is 5.41 Å². The number of nitrogens with one attached hydrogen (secondary N) is 1. The molecule has 0 radical (unpaired) electrons. The second kappa shape index (κ2) is 5.40. The standard InChI is InChI=1S/C17H22ClNO/c1-2-17(8-3-4-9-17)15(18)13-6-5-12-7-10-19-16(20)14(12)11-13/h5-6,11,15H,2-4,7-10H2,1H3,(H,19,20). The van der Waals surface area contributed by atoms with Crippen LogP contribution in [0, 0.1) is 5.41 Å². The van der Waals surface area contributed by atoms with E-state index in [4.69, 9.17) is 11.6 Å². The quantitative estimate of drug-likeness (QED) is 0.830. The molecule has 1 atom stereocenters. The average Bonchev–Trinajstić information content (AvgIpc) is 2.97. The molecule has 1 aliphatic carbocycles. The normalized spacial score (nSPS) is 22.2. The molecule has 1 N–H and O–H groups in total. The van der Waals surface area contributed by atoms with Gasteiger partial charge in [-0.25, -0.2) is 0 Å². The Hall–Kier alpha value is -1.02. The van der Waals surface area contributed by atoms with Gasteiger partial charge in [-0.05, 0) is 48.3 Å². The summed E-state index contributed by atoms with van der Waals surface area (Å²) in [5.41, 5.74) is 3.31. The van der Waals surface area contributed by atoms with Crippen LogP contribution in [0.4, 0.5) is 0 Å². The molecule has 20 heavy (non-hydrogen) atoms. The van der Waals surface area contributed by atoms with Crippen molar-refractivity contribution in [1.82, 2.24) is 5.32 Å². The van der Waals surface area contributed by atoms with Crippen molar-refractivity contribution in [1.29, 1.82) is 0 Å². The average molecular weight is 292 g/mol. The van der Waals surface area contributed by atoms with Crippen LogP contribution in [-0.2, 0) is 6.42 Å². The SMILES string of the molecule is CCC1(C(Cl)c2ccc3c(c2)C(=O)NCC3)CCCC1. The maximum Gasteiger partial charge on any atom is 0.251 e. The number of benzene rings is 1. The summed E-state index contributed by atoms with van der Waals surface area (Å²) in [6.45, 7) is 2.99. The van der Waals surface area contributed by atoms with Crippen LogP contribution in [0.2, 0.25) is 0 Å². The van der Waals surface area contributed by atoms with E-state index < -0.39 is 0 Å². The Morgan fingerprint density at radius 2 is 2.10 bits per heavy atom. The van der Waals surface area contributed by atoms with Crippen molar-refractivity contribution in [3.8, 4) is 0 Å². The number of amides is 1. The molecule has 1 unspecified atom stereocenters. The molecule has 108 valence electrons. The lowest BCUT2D eigenvalue weighted by Gasteiger charge is -2.33. The summed E-state index contributed by atoms with van der Waals surface area (Å²) in [6.07, 6.45) is 7.02. The molecular formula is C17H22ClNO. The van der Waals surface area contributed by atoms with Crippen molar-refractivity contribution in [2.75, 3.05) is 6.54 Å². The van der Waals surface area contributed by atoms with Crippen LogP contribution in [0.15, 0.2) is 18.2 Å². The van der Waals surface area contributed by atoms with E-state index in [-0.39, 0.29) is 16.7 Å². The second-order valence-electron chi connectivity index (χ2n) is 6.21. The zero-order chi connectivity index (χ0) is 14.2. The van der Waals surface area contributed by atoms with Gasteiger partial charge < -0.3 is 5.32 Å². The number of alkyl halides is 1. The molecule has 0 aromatic heterocycles. The Morgan fingerprint density at radius 3 is 2.80 bits per heavy atom. The second-order valence-corrected chi connectivity index (χ2v) is 6.64. The molecule has 0 spiro atoms. The Bertz CT molecular complexity index is 520. The molecule has 1 aromatic carbocycles. The Morgan fingerprint density at radius 1 is 1.35 bits per heavy atom. The molecular weight excluding hydrogens is 270 g/mol. The zero-order valence-electron chi connectivity index (χ0n) is 12.0. The Kier molecular flexibility index (Phi) is 3.76. The monoisotopic (exact) mass is 291 g/mol. The van der Waals surface area contributed by atoms with Gasteiger partial charge in [0.2, 0.25) is 0 Å². The van der Waals surface area contributed by atoms with Gasteiger partial charge in [0.15, 0.2) is 0 Å². The summed E-state index contributed by atoms with van der Waals surface area (Å²) in [7, 11) is 0. The summed E-state index contributed by atoms with van der Waals surface area (Å²) < 4.78 is 0. The predicted molar refractivity (Wildman–Crippen MR) is 82.3 cm³/mol. The van der Waals surface area contributed by atoms with Crippen molar-refractivity contribution in [3.63, 3.8) is 0 Å². The molecule has 1 fully saturated rings. The molecule has 2 aliphatic rings. The van der Waals surface area contributed by atoms with Gasteiger partial charge in [-0.3, -0.25) is 4.79 Å². The summed E-state index contributed by atoms with van der Waals surface area (Å²) >= 11 is 6.83. The molecule has 0 saturated heterocycles. The van der Waals surface area contributed by atoms with Crippen molar-refractivity contribution in [3.05, 3.63) is 34.9 Å². The van der Waals surface area contributed by atoms with Gasteiger partial charge in [0.25, 0.3) is 5.91 Å². The summed E-state index contributed by atoms with van der Waals surface area (Å²) in [6, 6.07) is 6.25. The number of carbonyl (C=O) groups excluding carboxylic acids is 1. The zero-order valence-corrected chi connectivity index (χ0v) is 12.8. The fourth-order valence-corrected chi connectivity index (χ4v) is 4.31. The molecule has 1 heterocycles. The van der Waals surface area contributed by atoms with Crippen LogP contribution >= 0.6 is 11.6 Å². The van der Waals surface area contributed by atoms with Gasteiger partial charge in [-0.15, -0.1) is 11.6 Å². The number of carbonyl (C=O) groups is 1. The van der Waals surface area contributed by atoms with E-state index in [1.165, 1.54) is 25.7 Å². The van der Waals surface area contributed by atoms with Crippen LogP contribution in [0.3, 0.4) is 0 Å². The molecule has 3 heteroatoms. The van der Waals surface area contributed by atoms with E-state index in [0.29, 0.717) is 0 Å². The van der Waals surface area contributed by atoms with Gasteiger partial charge >= 0.3 is 0 Å².